The molecule has 1 N–H and O–H groups in total. The second-order valence-electron chi connectivity index (χ2n) is 4.84. The van der Waals surface area contributed by atoms with Gasteiger partial charge in [0.15, 0.2) is 6.10 Å². The van der Waals surface area contributed by atoms with Gasteiger partial charge < -0.3 is 14.7 Å². The van der Waals surface area contributed by atoms with Crippen molar-refractivity contribution in [2.24, 2.45) is 0 Å². The number of aliphatic carboxylic acids is 1. The molecule has 1 fully saturated rings. The number of hydrogen-bond donors (Lipinski definition) is 1. The minimum Gasteiger partial charge on any atom is -0.479 e. The Kier molecular flexibility index (Phi) is 6.52. The van der Waals surface area contributed by atoms with Crippen LogP contribution in [0.3, 0.4) is 0 Å². The molecule has 0 aromatic carbocycles. The number of nitrogens with zero attached hydrogens (tertiary/aromatic N) is 1. The highest BCUT2D eigenvalue weighted by atomic mass is 16.5. The Morgan fingerprint density at radius 3 is 2.59 bits per heavy atom. The summed E-state index contributed by atoms with van der Waals surface area (Å²) in [4.78, 5) is 13.2. The van der Waals surface area contributed by atoms with Gasteiger partial charge in [0.05, 0.1) is 0 Å². The van der Waals surface area contributed by atoms with Crippen LogP contribution in [-0.2, 0) is 9.53 Å². The molecule has 0 heterocycles. The molecule has 0 amide bonds. The van der Waals surface area contributed by atoms with Gasteiger partial charge in [0.1, 0.15) is 0 Å². The molecule has 1 atom stereocenters. The zero-order valence-electron chi connectivity index (χ0n) is 11.0. The van der Waals surface area contributed by atoms with Crippen molar-refractivity contribution in [1.82, 2.24) is 4.90 Å². The SMILES string of the molecule is CCOC(CCN(C)C1CCCCC1)C(=O)O. The van der Waals surface area contributed by atoms with Gasteiger partial charge in [-0.2, -0.15) is 0 Å². The number of ether oxygens (including phenoxy) is 1. The number of rotatable bonds is 7. The molecule has 0 aromatic rings. The van der Waals surface area contributed by atoms with Crippen LogP contribution in [0.2, 0.25) is 0 Å². The van der Waals surface area contributed by atoms with Crippen LogP contribution in [0.4, 0.5) is 0 Å². The number of hydrogen-bond acceptors (Lipinski definition) is 3. The van der Waals surface area contributed by atoms with Crippen molar-refractivity contribution in [3.05, 3.63) is 0 Å². The van der Waals surface area contributed by atoms with Crippen LogP contribution in [-0.4, -0.2) is 48.3 Å². The standard InChI is InChI=1S/C13H25NO3/c1-3-17-12(13(15)16)9-10-14(2)11-7-5-4-6-8-11/h11-12H,3-10H2,1-2H3,(H,15,16). The van der Waals surface area contributed by atoms with Crippen molar-refractivity contribution >= 4 is 5.97 Å². The second-order valence-corrected chi connectivity index (χ2v) is 4.84. The van der Waals surface area contributed by atoms with Crippen molar-refractivity contribution in [2.45, 2.75) is 57.6 Å². The first-order valence-corrected chi connectivity index (χ1v) is 6.69. The Bertz CT molecular complexity index is 227. The predicted octanol–water partition coefficient (Wildman–Crippen LogP) is 2.13. The summed E-state index contributed by atoms with van der Waals surface area (Å²) in [6.45, 7) is 3.10. The van der Waals surface area contributed by atoms with Crippen molar-refractivity contribution in [2.75, 3.05) is 20.2 Å². The summed E-state index contributed by atoms with van der Waals surface area (Å²) < 4.78 is 5.21. The topological polar surface area (TPSA) is 49.8 Å². The first-order chi connectivity index (χ1) is 8.15. The van der Waals surface area contributed by atoms with Crippen molar-refractivity contribution in [3.8, 4) is 0 Å². The molecule has 1 rings (SSSR count). The zero-order chi connectivity index (χ0) is 12.7. The highest BCUT2D eigenvalue weighted by Gasteiger charge is 2.21. The van der Waals surface area contributed by atoms with Gasteiger partial charge in [0.2, 0.25) is 0 Å². The Labute approximate surface area is 104 Å². The summed E-state index contributed by atoms with van der Waals surface area (Å²) in [6, 6.07) is 0.639. The third-order valence-electron chi connectivity index (χ3n) is 3.59. The third kappa shape index (κ3) is 5.04. The maximum atomic E-state index is 10.9. The fourth-order valence-corrected chi connectivity index (χ4v) is 2.50. The lowest BCUT2D eigenvalue weighted by atomic mass is 9.94. The van der Waals surface area contributed by atoms with Crippen LogP contribution in [0.25, 0.3) is 0 Å². The summed E-state index contributed by atoms with van der Waals surface area (Å²) >= 11 is 0. The Morgan fingerprint density at radius 1 is 1.41 bits per heavy atom. The van der Waals surface area contributed by atoms with Gasteiger partial charge in [0.25, 0.3) is 0 Å². The van der Waals surface area contributed by atoms with Gasteiger partial charge in [-0.25, -0.2) is 4.79 Å². The van der Waals surface area contributed by atoms with E-state index in [4.69, 9.17) is 9.84 Å². The smallest absolute Gasteiger partial charge is 0.332 e. The highest BCUT2D eigenvalue weighted by Crippen LogP contribution is 2.21. The maximum absolute atomic E-state index is 10.9. The largest absolute Gasteiger partial charge is 0.479 e. The molecule has 4 heteroatoms. The third-order valence-corrected chi connectivity index (χ3v) is 3.59. The Hall–Kier alpha value is -0.610. The van der Waals surface area contributed by atoms with Crippen LogP contribution in [0.15, 0.2) is 0 Å². The maximum Gasteiger partial charge on any atom is 0.332 e. The molecule has 1 aliphatic carbocycles. The van der Waals surface area contributed by atoms with Gasteiger partial charge in [-0.05, 0) is 33.2 Å². The minimum absolute atomic E-state index is 0.462. The van der Waals surface area contributed by atoms with Gasteiger partial charge in [-0.15, -0.1) is 0 Å². The van der Waals surface area contributed by atoms with Crippen LogP contribution >= 0.6 is 0 Å². The molecule has 17 heavy (non-hydrogen) atoms. The van der Waals surface area contributed by atoms with Gasteiger partial charge >= 0.3 is 5.97 Å². The van der Waals surface area contributed by atoms with E-state index in [1.54, 1.807) is 0 Å². The van der Waals surface area contributed by atoms with E-state index in [1.807, 2.05) is 6.92 Å². The molecular formula is C13H25NO3. The monoisotopic (exact) mass is 243 g/mol. The predicted molar refractivity (Wildman–Crippen MR) is 67.2 cm³/mol. The lowest BCUT2D eigenvalue weighted by Crippen LogP contribution is -2.37. The fraction of sp³-hybridized carbons (Fsp3) is 0.923. The molecule has 4 nitrogen and oxygen atoms in total. The lowest BCUT2D eigenvalue weighted by molar-refractivity contribution is -0.150. The molecule has 0 aromatic heterocycles. The molecule has 1 aliphatic rings. The number of carboxylic acids is 1. The van der Waals surface area contributed by atoms with Crippen molar-refractivity contribution < 1.29 is 14.6 Å². The van der Waals surface area contributed by atoms with Gasteiger partial charge in [-0.1, -0.05) is 19.3 Å². The second kappa shape index (κ2) is 7.67. The van der Waals surface area contributed by atoms with Gasteiger partial charge in [-0.3, -0.25) is 0 Å². The number of carboxylic acid groups (broad SMARTS) is 1. The molecule has 1 saturated carbocycles. The first kappa shape index (κ1) is 14.5. The average molecular weight is 243 g/mol. The summed E-state index contributed by atoms with van der Waals surface area (Å²) in [7, 11) is 2.10. The number of carbonyl (C=O) groups is 1. The van der Waals surface area contributed by atoms with E-state index >= 15 is 0 Å². The van der Waals surface area contributed by atoms with E-state index in [1.165, 1.54) is 32.1 Å². The van der Waals surface area contributed by atoms with E-state index in [0.717, 1.165) is 6.54 Å². The normalized spacial score (nSPS) is 19.5. The van der Waals surface area contributed by atoms with Crippen LogP contribution in [0.5, 0.6) is 0 Å². The summed E-state index contributed by atoms with van der Waals surface area (Å²) in [5.74, 6) is -0.844. The minimum atomic E-state index is -0.844. The van der Waals surface area contributed by atoms with Crippen LogP contribution in [0, 0.1) is 0 Å². The van der Waals surface area contributed by atoms with E-state index in [2.05, 4.69) is 11.9 Å². The van der Waals surface area contributed by atoms with E-state index in [9.17, 15) is 4.79 Å². The summed E-state index contributed by atoms with van der Waals surface area (Å²) in [6.07, 6.45) is 6.40. The Balaban J connectivity index is 2.29. The molecule has 0 aliphatic heterocycles. The summed E-state index contributed by atoms with van der Waals surface area (Å²) in [5.41, 5.74) is 0. The average Bonchev–Trinajstić information content (AvgIpc) is 2.34. The molecule has 1 unspecified atom stereocenters. The molecule has 0 saturated heterocycles. The van der Waals surface area contributed by atoms with E-state index < -0.39 is 12.1 Å². The van der Waals surface area contributed by atoms with Crippen LogP contribution in [0.1, 0.15) is 45.4 Å². The quantitative estimate of drug-likeness (QED) is 0.744. The first-order valence-electron chi connectivity index (χ1n) is 6.69. The molecule has 100 valence electrons. The zero-order valence-corrected chi connectivity index (χ0v) is 11.0. The Morgan fingerprint density at radius 2 is 2.06 bits per heavy atom. The summed E-state index contributed by atoms with van der Waals surface area (Å²) in [5, 5.41) is 8.98. The van der Waals surface area contributed by atoms with Crippen LogP contribution < -0.4 is 0 Å². The van der Waals surface area contributed by atoms with Crippen molar-refractivity contribution in [3.63, 3.8) is 0 Å². The van der Waals surface area contributed by atoms with E-state index in [-0.39, 0.29) is 0 Å². The van der Waals surface area contributed by atoms with Crippen molar-refractivity contribution in [1.29, 1.82) is 0 Å². The lowest BCUT2D eigenvalue weighted by Gasteiger charge is -2.31. The molecular weight excluding hydrogens is 218 g/mol. The van der Waals surface area contributed by atoms with Gasteiger partial charge in [0, 0.05) is 19.2 Å². The van der Waals surface area contributed by atoms with E-state index in [0.29, 0.717) is 19.1 Å². The molecule has 0 bridgehead atoms. The molecule has 0 spiro atoms. The molecule has 0 radical (unpaired) electrons. The highest BCUT2D eigenvalue weighted by molar-refractivity contribution is 5.72. The fourth-order valence-electron chi connectivity index (χ4n) is 2.50.